The van der Waals surface area contributed by atoms with Gasteiger partial charge in [0, 0.05) is 13.3 Å². The molecule has 0 aliphatic heterocycles. The van der Waals surface area contributed by atoms with Gasteiger partial charge in [0.1, 0.15) is 12.7 Å². The van der Waals surface area contributed by atoms with Crippen LogP contribution in [0.4, 0.5) is 0 Å². The molecule has 58 valence electrons. The van der Waals surface area contributed by atoms with Crippen molar-refractivity contribution < 1.29 is 0 Å². The van der Waals surface area contributed by atoms with E-state index in [1.165, 1.54) is 6.33 Å². The van der Waals surface area contributed by atoms with E-state index in [0.717, 1.165) is 13.0 Å². The molecule has 1 rings (SSSR count). The first-order valence-electron chi connectivity index (χ1n) is 3.52. The van der Waals surface area contributed by atoms with E-state index in [9.17, 15) is 0 Å². The number of nitrogens with zero attached hydrogens (tertiary/aromatic N) is 4. The zero-order valence-corrected chi connectivity index (χ0v) is 6.44. The van der Waals surface area contributed by atoms with Crippen molar-refractivity contribution in [3.63, 3.8) is 0 Å². The van der Waals surface area contributed by atoms with Crippen molar-refractivity contribution in [2.24, 2.45) is 0 Å². The average Bonchev–Trinajstić information content (AvgIpc) is 2.52. The Morgan fingerprint density at radius 2 is 2.55 bits per heavy atom. The summed E-state index contributed by atoms with van der Waals surface area (Å²) in [6.45, 7) is 9.41. The first-order valence-corrected chi connectivity index (χ1v) is 3.52. The van der Waals surface area contributed by atoms with Gasteiger partial charge < -0.3 is 4.85 Å². The van der Waals surface area contributed by atoms with Gasteiger partial charge in [0.2, 0.25) is 6.04 Å². The van der Waals surface area contributed by atoms with Crippen molar-refractivity contribution in [2.45, 2.75) is 25.9 Å². The molecule has 1 aromatic heterocycles. The van der Waals surface area contributed by atoms with Crippen LogP contribution < -0.4 is 0 Å². The molecule has 0 aliphatic carbocycles. The molecule has 0 N–H and O–H groups in total. The molecule has 0 bridgehead atoms. The molecule has 0 saturated heterocycles. The number of aromatic nitrogens is 3. The van der Waals surface area contributed by atoms with Crippen LogP contribution >= 0.6 is 0 Å². The fraction of sp³-hybridized carbons (Fsp3) is 0.571. The predicted octanol–water partition coefficient (Wildman–Crippen LogP) is 0.976. The zero-order valence-electron chi connectivity index (χ0n) is 6.44. The molecule has 1 atom stereocenters. The Morgan fingerprint density at radius 3 is 3.09 bits per heavy atom. The Kier molecular flexibility index (Phi) is 2.61. The lowest BCUT2D eigenvalue weighted by atomic mass is 10.2. The normalized spacial score (nSPS) is 12.4. The molecule has 0 spiro atoms. The lowest BCUT2D eigenvalue weighted by Crippen LogP contribution is -2.04. The van der Waals surface area contributed by atoms with Crippen LogP contribution in [-0.2, 0) is 6.54 Å². The van der Waals surface area contributed by atoms with Gasteiger partial charge in [-0.2, -0.15) is 5.10 Å². The third-order valence-corrected chi connectivity index (χ3v) is 1.46. The Balaban J connectivity index is 2.30. The summed E-state index contributed by atoms with van der Waals surface area (Å²) in [7, 11) is 0. The van der Waals surface area contributed by atoms with E-state index in [1.807, 2.05) is 6.92 Å². The standard InChI is InChI=1S/C7H10N4/c1-7(8-2)3-4-11-6-9-5-10-11/h5-7H,3-4H2,1H3. The SMILES string of the molecule is [C-]#[N+]C(C)CCn1cncn1. The summed E-state index contributed by atoms with van der Waals surface area (Å²) in [5.41, 5.74) is 0. The van der Waals surface area contributed by atoms with Gasteiger partial charge in [0.05, 0.1) is 6.54 Å². The van der Waals surface area contributed by atoms with Crippen molar-refractivity contribution in [1.82, 2.24) is 14.8 Å². The quantitative estimate of drug-likeness (QED) is 0.602. The third kappa shape index (κ3) is 2.38. The van der Waals surface area contributed by atoms with Crippen LogP contribution in [-0.4, -0.2) is 20.8 Å². The summed E-state index contributed by atoms with van der Waals surface area (Å²) in [5, 5.41) is 3.93. The molecular weight excluding hydrogens is 140 g/mol. The lowest BCUT2D eigenvalue weighted by molar-refractivity contribution is 0.556. The van der Waals surface area contributed by atoms with Crippen molar-refractivity contribution in [2.75, 3.05) is 0 Å². The molecular formula is C7H10N4. The number of hydrogen-bond donors (Lipinski definition) is 0. The van der Waals surface area contributed by atoms with Gasteiger partial charge in [0.25, 0.3) is 0 Å². The van der Waals surface area contributed by atoms with Crippen molar-refractivity contribution >= 4 is 0 Å². The van der Waals surface area contributed by atoms with Crippen LogP contribution in [0, 0.1) is 6.57 Å². The van der Waals surface area contributed by atoms with Gasteiger partial charge >= 0.3 is 0 Å². The molecule has 0 radical (unpaired) electrons. The summed E-state index contributed by atoms with van der Waals surface area (Å²) in [6, 6.07) is 0.0826. The highest BCUT2D eigenvalue weighted by molar-refractivity contribution is 4.72. The summed E-state index contributed by atoms with van der Waals surface area (Å²) in [5.74, 6) is 0. The minimum absolute atomic E-state index is 0.0826. The van der Waals surface area contributed by atoms with Crippen LogP contribution in [0.25, 0.3) is 4.85 Å². The van der Waals surface area contributed by atoms with E-state index < -0.39 is 0 Å². The number of rotatable bonds is 3. The topological polar surface area (TPSA) is 35.1 Å². The Labute approximate surface area is 65.7 Å². The molecule has 0 fully saturated rings. The zero-order chi connectivity index (χ0) is 8.10. The fourth-order valence-corrected chi connectivity index (χ4v) is 0.732. The second kappa shape index (κ2) is 3.71. The molecule has 0 aliphatic rings. The second-order valence-corrected chi connectivity index (χ2v) is 2.43. The first-order chi connectivity index (χ1) is 5.33. The molecule has 0 saturated carbocycles. The second-order valence-electron chi connectivity index (χ2n) is 2.43. The minimum Gasteiger partial charge on any atom is -0.314 e. The molecule has 1 unspecified atom stereocenters. The smallest absolute Gasteiger partial charge is 0.222 e. The van der Waals surface area contributed by atoms with Gasteiger partial charge in [-0.25, -0.2) is 11.6 Å². The third-order valence-electron chi connectivity index (χ3n) is 1.46. The van der Waals surface area contributed by atoms with Crippen LogP contribution in [0.3, 0.4) is 0 Å². The molecule has 4 heteroatoms. The van der Waals surface area contributed by atoms with E-state index >= 15 is 0 Å². The molecule has 1 heterocycles. The van der Waals surface area contributed by atoms with E-state index in [0.29, 0.717) is 0 Å². The Bertz CT molecular complexity index is 233. The van der Waals surface area contributed by atoms with Gasteiger partial charge in [-0.3, -0.25) is 4.68 Å². The van der Waals surface area contributed by atoms with E-state index in [2.05, 4.69) is 14.9 Å². The van der Waals surface area contributed by atoms with Gasteiger partial charge in [-0.1, -0.05) is 0 Å². The highest BCUT2D eigenvalue weighted by Gasteiger charge is 2.03. The lowest BCUT2D eigenvalue weighted by Gasteiger charge is -1.98. The highest BCUT2D eigenvalue weighted by atomic mass is 15.3. The minimum atomic E-state index is 0.0826. The van der Waals surface area contributed by atoms with Crippen molar-refractivity contribution in [3.8, 4) is 0 Å². The average molecular weight is 150 g/mol. The number of hydrogen-bond acceptors (Lipinski definition) is 2. The summed E-state index contributed by atoms with van der Waals surface area (Å²) in [6.07, 6.45) is 4.01. The summed E-state index contributed by atoms with van der Waals surface area (Å²) < 4.78 is 1.74. The maximum Gasteiger partial charge on any atom is 0.222 e. The summed E-state index contributed by atoms with van der Waals surface area (Å²) in [4.78, 5) is 7.18. The van der Waals surface area contributed by atoms with Crippen LogP contribution in [0.1, 0.15) is 13.3 Å². The maximum absolute atomic E-state index is 6.72. The first kappa shape index (κ1) is 7.73. The molecule has 1 aromatic rings. The van der Waals surface area contributed by atoms with E-state index in [1.54, 1.807) is 11.0 Å². The van der Waals surface area contributed by atoms with Crippen LogP contribution in [0.5, 0.6) is 0 Å². The summed E-state index contributed by atoms with van der Waals surface area (Å²) >= 11 is 0. The molecule has 0 aromatic carbocycles. The molecule has 4 nitrogen and oxygen atoms in total. The van der Waals surface area contributed by atoms with Crippen LogP contribution in [0.15, 0.2) is 12.7 Å². The van der Waals surface area contributed by atoms with Crippen LogP contribution in [0.2, 0.25) is 0 Å². The largest absolute Gasteiger partial charge is 0.314 e. The molecule has 0 amide bonds. The van der Waals surface area contributed by atoms with Gasteiger partial charge in [0.15, 0.2) is 0 Å². The number of aryl methyl sites for hydroxylation is 1. The van der Waals surface area contributed by atoms with Gasteiger partial charge in [-0.15, -0.1) is 0 Å². The highest BCUT2D eigenvalue weighted by Crippen LogP contribution is 1.97. The Morgan fingerprint density at radius 1 is 1.73 bits per heavy atom. The van der Waals surface area contributed by atoms with Crippen molar-refractivity contribution in [1.29, 1.82) is 0 Å². The maximum atomic E-state index is 6.72. The Hall–Kier alpha value is -1.37. The monoisotopic (exact) mass is 150 g/mol. The van der Waals surface area contributed by atoms with E-state index in [4.69, 9.17) is 6.57 Å². The molecule has 11 heavy (non-hydrogen) atoms. The van der Waals surface area contributed by atoms with Crippen molar-refractivity contribution in [3.05, 3.63) is 24.1 Å². The predicted molar refractivity (Wildman–Crippen MR) is 40.7 cm³/mol. The fourth-order valence-electron chi connectivity index (χ4n) is 0.732. The van der Waals surface area contributed by atoms with E-state index in [-0.39, 0.29) is 6.04 Å². The van der Waals surface area contributed by atoms with Gasteiger partial charge in [-0.05, 0) is 0 Å².